The summed E-state index contributed by atoms with van der Waals surface area (Å²) < 4.78 is 1.93. The second-order valence-corrected chi connectivity index (χ2v) is 5.99. The number of amides is 1. The van der Waals surface area contributed by atoms with Gasteiger partial charge in [-0.15, -0.1) is 10.2 Å². The normalized spacial score (nSPS) is 11.4. The third kappa shape index (κ3) is 3.32. The number of nitrogens with one attached hydrogen (secondary N) is 1. The van der Waals surface area contributed by atoms with E-state index >= 15 is 0 Å². The Kier molecular flexibility index (Phi) is 4.43. The minimum atomic E-state index is -0.119. The van der Waals surface area contributed by atoms with Gasteiger partial charge in [-0.3, -0.25) is 9.20 Å². The molecule has 0 aliphatic carbocycles. The van der Waals surface area contributed by atoms with Gasteiger partial charge in [0.25, 0.3) is 0 Å². The van der Waals surface area contributed by atoms with Gasteiger partial charge in [0.1, 0.15) is 5.82 Å². The van der Waals surface area contributed by atoms with Crippen molar-refractivity contribution in [3.63, 3.8) is 0 Å². The highest BCUT2D eigenvalue weighted by Gasteiger charge is 2.04. The second kappa shape index (κ2) is 7.19. The van der Waals surface area contributed by atoms with Crippen molar-refractivity contribution in [1.82, 2.24) is 19.9 Å². The zero-order valence-corrected chi connectivity index (χ0v) is 14.2. The highest BCUT2D eigenvalue weighted by molar-refractivity contribution is 5.96. The van der Waals surface area contributed by atoms with Gasteiger partial charge in [-0.25, -0.2) is 0 Å². The summed E-state index contributed by atoms with van der Waals surface area (Å²) in [6.45, 7) is 0.508. The van der Waals surface area contributed by atoms with E-state index in [9.17, 15) is 4.79 Å². The smallest absolute Gasteiger partial charge is 0.244 e. The SMILES string of the molecule is O=C(/C=C/c1cccc2ccccc12)NCCc1nnc2ccccn12. The lowest BCUT2D eigenvalue weighted by molar-refractivity contribution is -0.116. The first-order chi connectivity index (χ1) is 12.8. The van der Waals surface area contributed by atoms with Crippen LogP contribution in [-0.4, -0.2) is 27.0 Å². The monoisotopic (exact) mass is 342 g/mol. The Balaban J connectivity index is 1.38. The molecule has 2 aromatic heterocycles. The van der Waals surface area contributed by atoms with Gasteiger partial charge < -0.3 is 5.32 Å². The fourth-order valence-corrected chi connectivity index (χ4v) is 2.98. The van der Waals surface area contributed by atoms with Crippen molar-refractivity contribution >= 4 is 28.4 Å². The Morgan fingerprint density at radius 2 is 1.85 bits per heavy atom. The molecule has 128 valence electrons. The second-order valence-electron chi connectivity index (χ2n) is 5.99. The van der Waals surface area contributed by atoms with Gasteiger partial charge in [0, 0.05) is 25.2 Å². The molecule has 4 aromatic rings. The van der Waals surface area contributed by atoms with E-state index < -0.39 is 0 Å². The van der Waals surface area contributed by atoms with Gasteiger partial charge in [-0.2, -0.15) is 0 Å². The molecule has 0 bridgehead atoms. The standard InChI is InChI=1S/C21H18N4O/c26-21(12-11-17-8-5-7-16-6-1-2-9-18(16)17)22-14-13-20-24-23-19-10-3-4-15-25(19)20/h1-12,15H,13-14H2,(H,22,26)/b12-11+. The first kappa shape index (κ1) is 16.0. The van der Waals surface area contributed by atoms with Crippen LogP contribution < -0.4 is 5.32 Å². The highest BCUT2D eigenvalue weighted by atomic mass is 16.1. The number of carbonyl (C=O) groups is 1. The number of rotatable bonds is 5. The van der Waals surface area contributed by atoms with Crippen LogP contribution in [0.2, 0.25) is 0 Å². The number of pyridine rings is 1. The van der Waals surface area contributed by atoms with Crippen molar-refractivity contribution in [2.75, 3.05) is 6.54 Å². The number of nitrogens with zero attached hydrogens (tertiary/aromatic N) is 3. The molecule has 5 nitrogen and oxygen atoms in total. The summed E-state index contributed by atoms with van der Waals surface area (Å²) in [6, 6.07) is 20.0. The van der Waals surface area contributed by atoms with E-state index in [0.29, 0.717) is 13.0 Å². The van der Waals surface area contributed by atoms with E-state index in [-0.39, 0.29) is 5.91 Å². The van der Waals surface area contributed by atoms with Gasteiger partial charge in [0.05, 0.1) is 0 Å². The Hall–Kier alpha value is -3.47. The summed E-state index contributed by atoms with van der Waals surface area (Å²) in [5.74, 6) is 0.714. The van der Waals surface area contributed by atoms with Crippen LogP contribution in [0.5, 0.6) is 0 Å². The van der Waals surface area contributed by atoms with Crippen molar-refractivity contribution in [3.05, 3.63) is 84.3 Å². The number of benzene rings is 2. The van der Waals surface area contributed by atoms with E-state index in [1.807, 2.05) is 59.1 Å². The minimum absolute atomic E-state index is 0.119. The molecule has 1 amide bonds. The Morgan fingerprint density at radius 3 is 2.81 bits per heavy atom. The molecule has 0 spiro atoms. The van der Waals surface area contributed by atoms with Gasteiger partial charge in [-0.1, -0.05) is 48.5 Å². The largest absolute Gasteiger partial charge is 0.352 e. The molecule has 0 aliphatic rings. The van der Waals surface area contributed by atoms with Crippen LogP contribution in [0.1, 0.15) is 11.4 Å². The lowest BCUT2D eigenvalue weighted by Crippen LogP contribution is -2.24. The zero-order chi connectivity index (χ0) is 17.8. The van der Waals surface area contributed by atoms with Crippen LogP contribution >= 0.6 is 0 Å². The topological polar surface area (TPSA) is 59.3 Å². The molecule has 1 N–H and O–H groups in total. The lowest BCUT2D eigenvalue weighted by Gasteiger charge is -2.03. The van der Waals surface area contributed by atoms with E-state index in [4.69, 9.17) is 0 Å². The molecular formula is C21H18N4O. The third-order valence-electron chi connectivity index (χ3n) is 4.27. The van der Waals surface area contributed by atoms with E-state index in [1.54, 1.807) is 6.08 Å². The van der Waals surface area contributed by atoms with Crippen LogP contribution in [0.4, 0.5) is 0 Å². The molecule has 2 heterocycles. The lowest BCUT2D eigenvalue weighted by atomic mass is 10.0. The van der Waals surface area contributed by atoms with Crippen LogP contribution in [0.25, 0.3) is 22.5 Å². The Morgan fingerprint density at radius 1 is 1.00 bits per heavy atom. The van der Waals surface area contributed by atoms with Crippen LogP contribution in [0, 0.1) is 0 Å². The van der Waals surface area contributed by atoms with E-state index in [2.05, 4.69) is 33.7 Å². The summed E-state index contributed by atoms with van der Waals surface area (Å²) >= 11 is 0. The average molecular weight is 342 g/mol. The number of hydrogen-bond acceptors (Lipinski definition) is 3. The van der Waals surface area contributed by atoms with Gasteiger partial charge in [0.2, 0.25) is 5.91 Å². The third-order valence-corrected chi connectivity index (χ3v) is 4.27. The average Bonchev–Trinajstić information content (AvgIpc) is 3.09. The molecule has 0 saturated heterocycles. The van der Waals surface area contributed by atoms with E-state index in [0.717, 1.165) is 27.8 Å². The summed E-state index contributed by atoms with van der Waals surface area (Å²) in [6.07, 6.45) is 5.97. The molecular weight excluding hydrogens is 324 g/mol. The summed E-state index contributed by atoms with van der Waals surface area (Å²) in [4.78, 5) is 12.1. The minimum Gasteiger partial charge on any atom is -0.352 e. The highest BCUT2D eigenvalue weighted by Crippen LogP contribution is 2.19. The molecule has 0 saturated carbocycles. The van der Waals surface area contributed by atoms with Crippen molar-refractivity contribution in [2.24, 2.45) is 0 Å². The zero-order valence-electron chi connectivity index (χ0n) is 14.2. The van der Waals surface area contributed by atoms with E-state index in [1.165, 1.54) is 0 Å². The van der Waals surface area contributed by atoms with Crippen LogP contribution in [0.3, 0.4) is 0 Å². The number of carbonyl (C=O) groups excluding carboxylic acids is 1. The molecule has 26 heavy (non-hydrogen) atoms. The Bertz CT molecular complexity index is 1090. The summed E-state index contributed by atoms with van der Waals surface area (Å²) in [7, 11) is 0. The van der Waals surface area contributed by atoms with Crippen molar-refractivity contribution in [1.29, 1.82) is 0 Å². The van der Waals surface area contributed by atoms with Gasteiger partial charge in [-0.05, 0) is 34.5 Å². The fraction of sp³-hybridized carbons (Fsp3) is 0.0952. The Labute approximate surface area is 151 Å². The number of fused-ring (bicyclic) bond motifs is 2. The summed E-state index contributed by atoms with van der Waals surface area (Å²) in [5, 5.41) is 13.5. The van der Waals surface area contributed by atoms with Crippen molar-refractivity contribution in [3.8, 4) is 0 Å². The fourth-order valence-electron chi connectivity index (χ4n) is 2.98. The molecule has 0 aliphatic heterocycles. The molecule has 4 rings (SSSR count). The van der Waals surface area contributed by atoms with Crippen molar-refractivity contribution < 1.29 is 4.79 Å². The number of hydrogen-bond donors (Lipinski definition) is 1. The predicted molar refractivity (Wildman–Crippen MR) is 103 cm³/mol. The maximum absolute atomic E-state index is 12.1. The van der Waals surface area contributed by atoms with Crippen LogP contribution in [-0.2, 0) is 11.2 Å². The molecule has 0 atom stereocenters. The van der Waals surface area contributed by atoms with Crippen molar-refractivity contribution in [2.45, 2.75) is 6.42 Å². The first-order valence-electron chi connectivity index (χ1n) is 8.53. The maximum atomic E-state index is 12.1. The molecule has 0 radical (unpaired) electrons. The van der Waals surface area contributed by atoms with Crippen LogP contribution in [0.15, 0.2) is 72.9 Å². The van der Waals surface area contributed by atoms with Gasteiger partial charge >= 0.3 is 0 Å². The first-order valence-corrected chi connectivity index (χ1v) is 8.53. The summed E-state index contributed by atoms with van der Waals surface area (Å²) in [5.41, 5.74) is 1.84. The molecule has 5 heteroatoms. The van der Waals surface area contributed by atoms with Gasteiger partial charge in [0.15, 0.2) is 5.65 Å². The predicted octanol–water partition coefficient (Wildman–Crippen LogP) is 3.25. The number of aromatic nitrogens is 3. The molecule has 2 aromatic carbocycles. The maximum Gasteiger partial charge on any atom is 0.244 e. The molecule has 0 fully saturated rings. The molecule has 0 unspecified atom stereocenters. The quantitative estimate of drug-likeness (QED) is 0.566.